The van der Waals surface area contributed by atoms with Crippen LogP contribution < -0.4 is 10.5 Å². The van der Waals surface area contributed by atoms with E-state index in [1.165, 1.54) is 0 Å². The largest absolute Gasteiger partial charge is 0.398 e. The van der Waals surface area contributed by atoms with Crippen molar-refractivity contribution in [3.63, 3.8) is 0 Å². The lowest BCUT2D eigenvalue weighted by atomic mass is 10.1. The van der Waals surface area contributed by atoms with Gasteiger partial charge in [0, 0.05) is 17.5 Å². The molecule has 0 aliphatic heterocycles. The number of aryl methyl sites for hydroxylation is 1. The smallest absolute Gasteiger partial charge is 0.240 e. The number of nitrogens with one attached hydrogen (secondary N) is 1. The van der Waals surface area contributed by atoms with Crippen LogP contribution in [0.4, 0.5) is 5.69 Å². The highest BCUT2D eigenvalue weighted by Gasteiger charge is 2.20. The average molecular weight is 331 g/mol. The molecule has 0 amide bonds. The zero-order chi connectivity index (χ0) is 16.0. The predicted octanol–water partition coefficient (Wildman–Crippen LogP) is 2.81. The van der Waals surface area contributed by atoms with Crippen LogP contribution in [0.5, 0.6) is 0 Å². The van der Waals surface area contributed by atoms with Gasteiger partial charge in [0.25, 0.3) is 0 Å². The van der Waals surface area contributed by atoms with Crippen LogP contribution in [-0.2, 0) is 22.9 Å². The van der Waals surface area contributed by atoms with Crippen molar-refractivity contribution in [3.8, 4) is 0 Å². The van der Waals surface area contributed by atoms with Crippen molar-refractivity contribution in [2.75, 3.05) is 18.5 Å². The second-order valence-electron chi connectivity index (χ2n) is 5.10. The summed E-state index contributed by atoms with van der Waals surface area (Å²) in [7, 11) is -3.50. The molecule has 1 rings (SSSR count). The van der Waals surface area contributed by atoms with Crippen molar-refractivity contribution in [2.24, 2.45) is 0 Å². The van der Waals surface area contributed by atoms with Crippen molar-refractivity contribution < 1.29 is 8.42 Å². The van der Waals surface area contributed by atoms with E-state index in [-0.39, 0.29) is 0 Å². The molecular formula is C15H26N2O2S2. The third-order valence-corrected chi connectivity index (χ3v) is 6.17. The molecule has 4 nitrogen and oxygen atoms in total. The van der Waals surface area contributed by atoms with E-state index in [2.05, 4.69) is 11.6 Å². The molecule has 0 saturated heterocycles. The van der Waals surface area contributed by atoms with E-state index >= 15 is 0 Å². The van der Waals surface area contributed by atoms with Crippen LogP contribution in [0.15, 0.2) is 17.0 Å². The molecule has 1 atom stereocenters. The molecule has 0 radical (unpaired) electrons. The summed E-state index contributed by atoms with van der Waals surface area (Å²) in [6.45, 7) is 6.45. The Morgan fingerprint density at radius 1 is 1.29 bits per heavy atom. The summed E-state index contributed by atoms with van der Waals surface area (Å²) < 4.78 is 27.8. The second-order valence-corrected chi connectivity index (χ2v) is 8.11. The Balaban J connectivity index is 3.04. The Bertz CT molecular complexity index is 571. The van der Waals surface area contributed by atoms with Gasteiger partial charge in [-0.25, -0.2) is 13.1 Å². The van der Waals surface area contributed by atoms with E-state index in [4.69, 9.17) is 5.73 Å². The fourth-order valence-electron chi connectivity index (χ4n) is 2.14. The predicted molar refractivity (Wildman–Crippen MR) is 92.4 cm³/mol. The topological polar surface area (TPSA) is 72.2 Å². The van der Waals surface area contributed by atoms with Gasteiger partial charge in [-0.05, 0) is 48.8 Å². The Morgan fingerprint density at radius 2 is 1.95 bits per heavy atom. The summed E-state index contributed by atoms with van der Waals surface area (Å²) in [6, 6.07) is 3.61. The maximum absolute atomic E-state index is 12.5. The third kappa shape index (κ3) is 4.90. The second kappa shape index (κ2) is 8.06. The fraction of sp³-hybridized carbons (Fsp3) is 0.600. The van der Waals surface area contributed by atoms with Crippen LogP contribution in [0.2, 0.25) is 0 Å². The minimum atomic E-state index is -3.50. The first-order valence-corrected chi connectivity index (χ1v) is 10.1. The van der Waals surface area contributed by atoms with Crippen molar-refractivity contribution >= 4 is 27.5 Å². The maximum atomic E-state index is 12.5. The molecule has 0 fully saturated rings. The number of nitrogen functional groups attached to an aromatic ring is 1. The van der Waals surface area contributed by atoms with Gasteiger partial charge in [0.05, 0.1) is 4.90 Å². The molecule has 1 unspecified atom stereocenters. The molecule has 0 heterocycles. The van der Waals surface area contributed by atoms with E-state index in [1.54, 1.807) is 17.8 Å². The lowest BCUT2D eigenvalue weighted by Gasteiger charge is -2.15. The third-order valence-electron chi connectivity index (χ3n) is 3.60. The lowest BCUT2D eigenvalue weighted by Crippen LogP contribution is -2.27. The number of benzene rings is 1. The van der Waals surface area contributed by atoms with Gasteiger partial charge in [-0.1, -0.05) is 20.8 Å². The molecule has 21 heavy (non-hydrogen) atoms. The van der Waals surface area contributed by atoms with Gasteiger partial charge in [0.1, 0.15) is 0 Å². The molecule has 0 aromatic heterocycles. The summed E-state index contributed by atoms with van der Waals surface area (Å²) in [5.74, 6) is 0. The van der Waals surface area contributed by atoms with Crippen LogP contribution in [0.25, 0.3) is 0 Å². The minimum absolute atomic E-state index is 0.332. The van der Waals surface area contributed by atoms with Crippen LogP contribution in [0.1, 0.15) is 38.3 Å². The number of anilines is 1. The highest BCUT2D eigenvalue weighted by Crippen LogP contribution is 2.25. The number of hydrogen-bond acceptors (Lipinski definition) is 4. The summed E-state index contributed by atoms with van der Waals surface area (Å²) in [6.07, 6.45) is 4.21. The van der Waals surface area contributed by atoms with Gasteiger partial charge in [0.2, 0.25) is 10.0 Å². The fourth-order valence-corrected chi connectivity index (χ4v) is 3.93. The standard InChI is InChI=1S/C15H26N2O2S2/c1-5-12-9-14(16)13(6-2)15(10-12)21(18,19)17-8-7-11(3)20-4/h9-11,17H,5-8,16H2,1-4H3. The molecule has 1 aromatic rings. The number of sulfonamides is 1. The Hall–Kier alpha value is -0.720. The molecule has 0 aliphatic rings. The monoisotopic (exact) mass is 330 g/mol. The van der Waals surface area contributed by atoms with Gasteiger partial charge in [0.15, 0.2) is 0 Å². The van der Waals surface area contributed by atoms with Crippen LogP contribution >= 0.6 is 11.8 Å². The first kappa shape index (κ1) is 18.3. The Labute approximate surface area is 132 Å². The van der Waals surface area contributed by atoms with Crippen molar-refractivity contribution in [3.05, 3.63) is 23.3 Å². The average Bonchev–Trinajstić information content (AvgIpc) is 2.45. The van der Waals surface area contributed by atoms with Crippen LogP contribution in [0.3, 0.4) is 0 Å². The van der Waals surface area contributed by atoms with Crippen molar-refractivity contribution in [1.29, 1.82) is 0 Å². The number of thioether (sulfide) groups is 1. The van der Waals surface area contributed by atoms with E-state index in [9.17, 15) is 8.42 Å². The lowest BCUT2D eigenvalue weighted by molar-refractivity contribution is 0.578. The molecule has 0 aliphatic carbocycles. The quantitative estimate of drug-likeness (QED) is 0.719. The number of rotatable bonds is 8. The Morgan fingerprint density at radius 3 is 2.48 bits per heavy atom. The van der Waals surface area contributed by atoms with E-state index < -0.39 is 10.0 Å². The highest BCUT2D eigenvalue weighted by atomic mass is 32.2. The van der Waals surface area contributed by atoms with Crippen molar-refractivity contribution in [1.82, 2.24) is 4.72 Å². The molecule has 0 saturated carbocycles. The molecule has 0 spiro atoms. The SMILES string of the molecule is CCc1cc(N)c(CC)c(S(=O)(=O)NCCC(C)SC)c1. The first-order valence-electron chi connectivity index (χ1n) is 7.29. The van der Waals surface area contributed by atoms with E-state index in [1.807, 2.05) is 26.2 Å². The van der Waals surface area contributed by atoms with Crippen LogP contribution in [-0.4, -0.2) is 26.5 Å². The molecular weight excluding hydrogens is 304 g/mol. The molecule has 3 N–H and O–H groups in total. The Kier molecular flexibility index (Phi) is 7.03. The molecule has 120 valence electrons. The number of nitrogens with two attached hydrogens (primary N) is 1. The summed E-state index contributed by atoms with van der Waals surface area (Å²) in [4.78, 5) is 0.332. The van der Waals surface area contributed by atoms with Gasteiger partial charge >= 0.3 is 0 Å². The summed E-state index contributed by atoms with van der Waals surface area (Å²) in [5.41, 5.74) is 8.23. The molecule has 6 heteroatoms. The van der Waals surface area contributed by atoms with Crippen LogP contribution in [0, 0.1) is 0 Å². The van der Waals surface area contributed by atoms with Gasteiger partial charge in [-0.3, -0.25) is 0 Å². The van der Waals surface area contributed by atoms with Gasteiger partial charge < -0.3 is 5.73 Å². The maximum Gasteiger partial charge on any atom is 0.240 e. The number of hydrogen-bond donors (Lipinski definition) is 2. The molecule has 1 aromatic carbocycles. The minimum Gasteiger partial charge on any atom is -0.398 e. The summed E-state index contributed by atoms with van der Waals surface area (Å²) >= 11 is 1.73. The molecule has 0 bridgehead atoms. The van der Waals surface area contributed by atoms with E-state index in [0.717, 1.165) is 18.4 Å². The normalized spacial score (nSPS) is 13.3. The van der Waals surface area contributed by atoms with Gasteiger partial charge in [-0.15, -0.1) is 0 Å². The zero-order valence-electron chi connectivity index (χ0n) is 13.3. The van der Waals surface area contributed by atoms with Crippen molar-refractivity contribution in [2.45, 2.75) is 50.2 Å². The van der Waals surface area contributed by atoms with Gasteiger partial charge in [-0.2, -0.15) is 11.8 Å². The first-order chi connectivity index (χ1) is 9.85. The highest BCUT2D eigenvalue weighted by molar-refractivity contribution is 7.99. The summed E-state index contributed by atoms with van der Waals surface area (Å²) in [5, 5.41) is 0.436. The zero-order valence-corrected chi connectivity index (χ0v) is 14.9. The van der Waals surface area contributed by atoms with E-state index in [0.29, 0.717) is 34.4 Å².